The summed E-state index contributed by atoms with van der Waals surface area (Å²) in [6.45, 7) is 4.24. The Morgan fingerprint density at radius 3 is 1.38 bits per heavy atom. The van der Waals surface area contributed by atoms with Gasteiger partial charge in [-0.15, -0.1) is 24.8 Å². The standard InChI is InChI=1S/C3H8S.CH6Si.2ClH/c1-2-3-4;1-2;;/h4H,2-3H2,1H3;1-2H3;2*1H. The Morgan fingerprint density at radius 1 is 1.25 bits per heavy atom. The fourth-order valence-corrected chi connectivity index (χ4v) is 0. The zero-order valence-corrected chi connectivity index (χ0v) is 10.2. The van der Waals surface area contributed by atoms with Gasteiger partial charge in [0.1, 0.15) is 0 Å². The van der Waals surface area contributed by atoms with E-state index in [1.807, 2.05) is 0 Å². The van der Waals surface area contributed by atoms with Gasteiger partial charge in [-0.05, 0) is 22.4 Å². The molecule has 8 heavy (non-hydrogen) atoms. The molecule has 0 radical (unpaired) electrons. The van der Waals surface area contributed by atoms with E-state index in [9.17, 15) is 0 Å². The Balaban J connectivity index is -0.0000000183. The lowest BCUT2D eigenvalue weighted by molar-refractivity contribution is 1.11. The smallest absolute Gasteiger partial charge is 0.000585 e. The number of halogens is 2. The van der Waals surface area contributed by atoms with E-state index in [4.69, 9.17) is 0 Å². The van der Waals surface area contributed by atoms with E-state index in [2.05, 4.69) is 26.1 Å². The van der Waals surface area contributed by atoms with Crippen LogP contribution in [0.4, 0.5) is 0 Å². The highest BCUT2D eigenvalue weighted by molar-refractivity contribution is 7.80. The van der Waals surface area contributed by atoms with Crippen molar-refractivity contribution in [3.05, 3.63) is 0 Å². The van der Waals surface area contributed by atoms with Gasteiger partial charge in [-0.25, -0.2) is 0 Å². The van der Waals surface area contributed by atoms with Crippen LogP contribution in [-0.4, -0.2) is 16.0 Å². The van der Waals surface area contributed by atoms with Crippen LogP contribution in [0.1, 0.15) is 13.3 Å². The number of hydrogen-bond donors (Lipinski definition) is 1. The van der Waals surface area contributed by atoms with Gasteiger partial charge in [-0.1, -0.05) is 13.5 Å². The molecular weight excluding hydrogens is 179 g/mol. The van der Waals surface area contributed by atoms with Gasteiger partial charge >= 0.3 is 0 Å². The molecule has 0 N–H and O–H groups in total. The normalized spacial score (nSPS) is 4.88. The van der Waals surface area contributed by atoms with E-state index < -0.39 is 0 Å². The summed E-state index contributed by atoms with van der Waals surface area (Å²) in [5.74, 6) is 1.01. The Bertz CT molecular complexity index is 16.0. The first-order valence-corrected chi connectivity index (χ1v) is 5.16. The summed E-state index contributed by atoms with van der Waals surface area (Å²) in [7, 11) is 1.31. The lowest BCUT2D eigenvalue weighted by atomic mass is 10.6. The van der Waals surface area contributed by atoms with Crippen LogP contribution in [0.2, 0.25) is 6.55 Å². The third-order valence-corrected chi connectivity index (χ3v) is 0.671. The highest BCUT2D eigenvalue weighted by Crippen LogP contribution is 1.74. The van der Waals surface area contributed by atoms with Crippen molar-refractivity contribution in [1.82, 2.24) is 0 Å². The second kappa shape index (κ2) is 42.0. The maximum absolute atomic E-state index is 3.92. The summed E-state index contributed by atoms with van der Waals surface area (Å²) >= 11 is 3.92. The molecule has 56 valence electrons. The Hall–Kier alpha value is 1.15. The molecule has 0 aliphatic rings. The van der Waals surface area contributed by atoms with Crippen LogP contribution in [0, 0.1) is 0 Å². The average Bonchev–Trinajstić information content (AvgIpc) is 1.72. The maximum atomic E-state index is 3.92. The lowest BCUT2D eigenvalue weighted by Crippen LogP contribution is -1.56. The third-order valence-electron chi connectivity index (χ3n) is 0.224. The summed E-state index contributed by atoms with van der Waals surface area (Å²) in [4.78, 5) is 0. The molecule has 0 heterocycles. The van der Waals surface area contributed by atoms with Crippen LogP contribution in [0.15, 0.2) is 0 Å². The first-order chi connectivity index (χ1) is 2.91. The van der Waals surface area contributed by atoms with Crippen LogP contribution < -0.4 is 0 Å². The molecule has 0 saturated heterocycles. The summed E-state index contributed by atoms with van der Waals surface area (Å²) < 4.78 is 0. The largest absolute Gasteiger partial charge is 0.179 e. The Labute approximate surface area is 73.5 Å². The van der Waals surface area contributed by atoms with Crippen molar-refractivity contribution in [3.63, 3.8) is 0 Å². The van der Waals surface area contributed by atoms with E-state index >= 15 is 0 Å². The van der Waals surface area contributed by atoms with Crippen LogP contribution in [-0.2, 0) is 0 Å². The minimum Gasteiger partial charge on any atom is -0.179 e. The molecule has 0 aromatic carbocycles. The molecule has 0 fully saturated rings. The summed E-state index contributed by atoms with van der Waals surface area (Å²) in [6, 6.07) is 0. The molecule has 0 atom stereocenters. The third kappa shape index (κ3) is 58.6. The van der Waals surface area contributed by atoms with Crippen molar-refractivity contribution >= 4 is 47.7 Å². The summed E-state index contributed by atoms with van der Waals surface area (Å²) in [5, 5.41) is 0. The Morgan fingerprint density at radius 2 is 1.38 bits per heavy atom. The maximum Gasteiger partial charge on any atom is -0.000585 e. The molecule has 0 unspecified atom stereocenters. The molecular formula is C4H16Cl2SSi. The predicted octanol–water partition coefficient (Wildman–Crippen LogP) is 1.57. The molecule has 0 spiro atoms. The van der Waals surface area contributed by atoms with E-state index in [1.165, 1.54) is 16.7 Å². The van der Waals surface area contributed by atoms with Crippen LogP contribution in [0.25, 0.3) is 0 Å². The molecule has 0 amide bonds. The van der Waals surface area contributed by atoms with Gasteiger partial charge in [-0.3, -0.25) is 0 Å². The van der Waals surface area contributed by atoms with Gasteiger partial charge in [0.15, 0.2) is 0 Å². The van der Waals surface area contributed by atoms with E-state index in [0.29, 0.717) is 0 Å². The van der Waals surface area contributed by atoms with Gasteiger partial charge in [0.05, 0.1) is 0 Å². The first-order valence-electron chi connectivity index (χ1n) is 2.52. The minimum absolute atomic E-state index is 0. The molecule has 0 aliphatic heterocycles. The average molecular weight is 195 g/mol. The van der Waals surface area contributed by atoms with Crippen molar-refractivity contribution in [1.29, 1.82) is 0 Å². The van der Waals surface area contributed by atoms with Crippen LogP contribution >= 0.6 is 37.4 Å². The van der Waals surface area contributed by atoms with Crippen molar-refractivity contribution in [2.75, 3.05) is 5.75 Å². The number of rotatable bonds is 1. The second-order valence-electron chi connectivity index (χ2n) is 0.724. The molecule has 0 nitrogen and oxygen atoms in total. The molecule has 0 aromatic heterocycles. The van der Waals surface area contributed by atoms with Crippen molar-refractivity contribution in [2.24, 2.45) is 0 Å². The van der Waals surface area contributed by atoms with Gasteiger partial charge in [0.2, 0.25) is 0 Å². The Kier molecular flexibility index (Phi) is 120. The zero-order chi connectivity index (χ0) is 5.41. The number of thiol groups is 1. The topological polar surface area (TPSA) is 0 Å². The molecule has 0 rings (SSSR count). The van der Waals surface area contributed by atoms with Crippen molar-refractivity contribution in [2.45, 2.75) is 19.9 Å². The highest BCUT2D eigenvalue weighted by atomic mass is 35.5. The van der Waals surface area contributed by atoms with E-state index in [0.717, 1.165) is 5.75 Å². The fraction of sp³-hybridized carbons (Fsp3) is 1.00. The predicted molar refractivity (Wildman–Crippen MR) is 54.4 cm³/mol. The molecule has 0 saturated carbocycles. The molecule has 0 aromatic rings. The van der Waals surface area contributed by atoms with E-state index in [-0.39, 0.29) is 24.8 Å². The summed E-state index contributed by atoms with van der Waals surface area (Å²) in [5.41, 5.74) is 0. The quantitative estimate of drug-likeness (QED) is 0.476. The van der Waals surface area contributed by atoms with Crippen LogP contribution in [0.3, 0.4) is 0 Å². The van der Waals surface area contributed by atoms with E-state index in [1.54, 1.807) is 0 Å². The fourth-order valence-electron chi connectivity index (χ4n) is 0. The molecule has 4 heteroatoms. The second-order valence-corrected chi connectivity index (χ2v) is 1.17. The van der Waals surface area contributed by atoms with Gasteiger partial charge in [0.25, 0.3) is 0 Å². The van der Waals surface area contributed by atoms with Gasteiger partial charge in [-0.2, -0.15) is 12.6 Å². The van der Waals surface area contributed by atoms with Gasteiger partial charge < -0.3 is 0 Å². The van der Waals surface area contributed by atoms with Crippen molar-refractivity contribution < 1.29 is 0 Å². The first kappa shape index (κ1) is 22.9. The van der Waals surface area contributed by atoms with Crippen LogP contribution in [0.5, 0.6) is 0 Å². The monoisotopic (exact) mass is 194 g/mol. The van der Waals surface area contributed by atoms with Crippen molar-refractivity contribution in [3.8, 4) is 0 Å². The summed E-state index contributed by atoms with van der Waals surface area (Å²) in [6.07, 6.45) is 1.18. The highest BCUT2D eigenvalue weighted by Gasteiger charge is 1.57. The van der Waals surface area contributed by atoms with Gasteiger partial charge in [0, 0.05) is 0 Å². The SMILES string of the molecule is CCCS.C[SiH3].Cl.Cl. The molecule has 0 bridgehead atoms. The lowest BCUT2D eigenvalue weighted by Gasteiger charge is -1.67. The zero-order valence-electron chi connectivity index (χ0n) is 5.68. The molecule has 0 aliphatic carbocycles. The minimum atomic E-state index is 0. The number of hydrogen-bond acceptors (Lipinski definition) is 1.